The van der Waals surface area contributed by atoms with Crippen molar-refractivity contribution in [2.75, 3.05) is 56.9 Å². The van der Waals surface area contributed by atoms with E-state index in [0.717, 1.165) is 28.2 Å². The maximum absolute atomic E-state index is 15.3. The lowest BCUT2D eigenvalue weighted by Crippen LogP contribution is -2.48. The van der Waals surface area contributed by atoms with Crippen molar-refractivity contribution in [2.24, 2.45) is 0 Å². The highest BCUT2D eigenvalue weighted by molar-refractivity contribution is 7.88. The zero-order valence-electron chi connectivity index (χ0n) is 32.0. The first-order valence-electron chi connectivity index (χ1n) is 18.2. The Morgan fingerprint density at radius 3 is 2.11 bits per heavy atom. The van der Waals surface area contributed by atoms with Crippen LogP contribution in [0.2, 0.25) is 0 Å². The summed E-state index contributed by atoms with van der Waals surface area (Å²) < 4.78 is 52.0. The molecule has 290 valence electrons. The summed E-state index contributed by atoms with van der Waals surface area (Å²) >= 11 is 0. The number of ether oxygens (including phenoxy) is 2. The minimum absolute atomic E-state index is 0.108. The summed E-state index contributed by atoms with van der Waals surface area (Å²) in [5, 5.41) is 3.74. The summed E-state index contributed by atoms with van der Waals surface area (Å²) in [4.78, 5) is 28.3. The number of nitrogens with zero attached hydrogens (tertiary/aromatic N) is 8. The minimum atomic E-state index is -3.28. The van der Waals surface area contributed by atoms with Crippen molar-refractivity contribution in [3.63, 3.8) is 0 Å². The van der Waals surface area contributed by atoms with E-state index in [4.69, 9.17) is 29.4 Å². The molecule has 3 aromatic heterocycles. The molecular weight excluding hydrogens is 734 g/mol. The number of aromatic nitrogens is 5. The zero-order valence-corrected chi connectivity index (χ0v) is 32.8. The molecule has 0 saturated carbocycles. The van der Waals surface area contributed by atoms with Gasteiger partial charge in [-0.2, -0.15) is 14.3 Å². The number of rotatable bonds is 13. The molecule has 1 atom stereocenters. The third-order valence-corrected chi connectivity index (χ3v) is 11.2. The third kappa shape index (κ3) is 8.85. The first-order chi connectivity index (χ1) is 27.0. The SMILES string of the molecule is COc1ccc(CN(Cc2ccc(OC)cc2)c2nc(C)nc(-c3cc(C(C)N4CCN(S(C)(=O)=O)CC4)cnc3Nc3cc(F)c4cccnc4c3)n2)cc1. The molecule has 0 spiro atoms. The van der Waals surface area contributed by atoms with E-state index in [9.17, 15) is 8.42 Å². The largest absolute Gasteiger partial charge is 0.497 e. The number of methoxy groups -OCH3 is 2. The van der Waals surface area contributed by atoms with E-state index in [-0.39, 0.29) is 6.04 Å². The predicted octanol–water partition coefficient (Wildman–Crippen LogP) is 6.54. The highest BCUT2D eigenvalue weighted by atomic mass is 32.2. The van der Waals surface area contributed by atoms with Crippen molar-refractivity contribution < 1.29 is 22.3 Å². The molecule has 56 heavy (non-hydrogen) atoms. The predicted molar refractivity (Wildman–Crippen MR) is 215 cm³/mol. The molecule has 1 fully saturated rings. The highest BCUT2D eigenvalue weighted by Crippen LogP contribution is 2.34. The molecule has 0 aliphatic carbocycles. The molecule has 13 nitrogen and oxygen atoms in total. The number of pyridine rings is 2. The Morgan fingerprint density at radius 1 is 0.857 bits per heavy atom. The molecule has 3 aromatic carbocycles. The van der Waals surface area contributed by atoms with Crippen LogP contribution < -0.4 is 19.7 Å². The molecule has 0 amide bonds. The maximum atomic E-state index is 15.3. The van der Waals surface area contributed by atoms with E-state index in [2.05, 4.69) is 27.0 Å². The Balaban J connectivity index is 1.29. The van der Waals surface area contributed by atoms with Crippen LogP contribution in [0.1, 0.15) is 35.5 Å². The molecular formula is C41H44FN9O4S. The van der Waals surface area contributed by atoms with Crippen molar-refractivity contribution in [3.8, 4) is 22.9 Å². The number of benzene rings is 3. The average molecular weight is 778 g/mol. The Labute approximate surface area is 326 Å². The normalized spacial score (nSPS) is 14.4. The first kappa shape index (κ1) is 38.5. The summed E-state index contributed by atoms with van der Waals surface area (Å²) in [6, 6.07) is 24.2. The van der Waals surface area contributed by atoms with Gasteiger partial charge < -0.3 is 19.7 Å². The zero-order chi connectivity index (χ0) is 39.4. The fourth-order valence-electron chi connectivity index (χ4n) is 6.79. The van der Waals surface area contributed by atoms with Crippen LogP contribution in [-0.4, -0.2) is 89.2 Å². The molecule has 7 rings (SSSR count). The van der Waals surface area contributed by atoms with Gasteiger partial charge in [-0.3, -0.25) is 9.88 Å². The van der Waals surface area contributed by atoms with E-state index in [1.807, 2.05) is 61.5 Å². The molecule has 1 unspecified atom stereocenters. The van der Waals surface area contributed by atoms with Crippen molar-refractivity contribution in [3.05, 3.63) is 120 Å². The number of fused-ring (bicyclic) bond motifs is 1. The van der Waals surface area contributed by atoms with Gasteiger partial charge in [0.05, 0.1) is 31.6 Å². The molecule has 0 bridgehead atoms. The summed E-state index contributed by atoms with van der Waals surface area (Å²) in [5.41, 5.74) is 4.50. The summed E-state index contributed by atoms with van der Waals surface area (Å²) in [5.74, 6) is 2.87. The lowest BCUT2D eigenvalue weighted by atomic mass is 10.0. The summed E-state index contributed by atoms with van der Waals surface area (Å²) in [6.45, 7) is 6.81. The monoisotopic (exact) mass is 777 g/mol. The van der Waals surface area contributed by atoms with Crippen LogP contribution in [0, 0.1) is 12.7 Å². The van der Waals surface area contributed by atoms with Gasteiger partial charge in [0.1, 0.15) is 29.0 Å². The van der Waals surface area contributed by atoms with Crippen LogP contribution in [0.25, 0.3) is 22.3 Å². The quantitative estimate of drug-likeness (QED) is 0.136. The van der Waals surface area contributed by atoms with E-state index in [1.165, 1.54) is 16.6 Å². The summed E-state index contributed by atoms with van der Waals surface area (Å²) in [7, 11) is -0.00113. The van der Waals surface area contributed by atoms with Gasteiger partial charge in [-0.15, -0.1) is 0 Å². The number of anilines is 3. The van der Waals surface area contributed by atoms with Gasteiger partial charge in [-0.05, 0) is 85.1 Å². The van der Waals surface area contributed by atoms with E-state index < -0.39 is 15.8 Å². The Bertz CT molecular complexity index is 2380. The molecule has 1 saturated heterocycles. The average Bonchev–Trinajstić information content (AvgIpc) is 3.20. The molecule has 6 aromatic rings. The van der Waals surface area contributed by atoms with Crippen LogP contribution >= 0.6 is 0 Å². The Hall–Kier alpha value is -5.77. The number of hydrogen-bond donors (Lipinski definition) is 1. The van der Waals surface area contributed by atoms with Crippen LogP contribution in [0.4, 0.5) is 21.8 Å². The van der Waals surface area contributed by atoms with E-state index >= 15 is 4.39 Å². The number of sulfonamides is 1. The van der Waals surface area contributed by atoms with Crippen molar-refractivity contribution in [1.29, 1.82) is 0 Å². The molecule has 15 heteroatoms. The van der Waals surface area contributed by atoms with Gasteiger partial charge in [0.15, 0.2) is 5.82 Å². The van der Waals surface area contributed by atoms with Gasteiger partial charge in [0.2, 0.25) is 16.0 Å². The lowest BCUT2D eigenvalue weighted by molar-refractivity contribution is 0.146. The maximum Gasteiger partial charge on any atom is 0.229 e. The van der Waals surface area contributed by atoms with Crippen LogP contribution in [0.15, 0.2) is 91.3 Å². The Kier molecular flexibility index (Phi) is 11.4. The second kappa shape index (κ2) is 16.5. The lowest BCUT2D eigenvalue weighted by Gasteiger charge is -2.37. The van der Waals surface area contributed by atoms with Crippen molar-refractivity contribution >= 4 is 38.4 Å². The third-order valence-electron chi connectivity index (χ3n) is 9.94. The number of nitrogens with one attached hydrogen (secondary N) is 1. The van der Waals surface area contributed by atoms with Crippen molar-refractivity contribution in [1.82, 2.24) is 34.1 Å². The second-order valence-electron chi connectivity index (χ2n) is 13.8. The number of halogens is 1. The molecule has 1 N–H and O–H groups in total. The number of aryl methyl sites for hydroxylation is 1. The van der Waals surface area contributed by atoms with Gasteiger partial charge in [-0.1, -0.05) is 24.3 Å². The molecule has 4 heterocycles. The fourth-order valence-corrected chi connectivity index (χ4v) is 7.62. The van der Waals surface area contributed by atoms with E-state index in [1.54, 1.807) is 44.8 Å². The van der Waals surface area contributed by atoms with Crippen LogP contribution in [0.5, 0.6) is 11.5 Å². The number of hydrogen-bond acceptors (Lipinski definition) is 12. The highest BCUT2D eigenvalue weighted by Gasteiger charge is 2.28. The Morgan fingerprint density at radius 2 is 1.50 bits per heavy atom. The van der Waals surface area contributed by atoms with Crippen LogP contribution in [-0.2, 0) is 23.1 Å². The molecule has 0 radical (unpaired) electrons. The fraction of sp³-hybridized carbons (Fsp3) is 0.293. The molecule has 1 aliphatic heterocycles. The van der Waals surface area contributed by atoms with E-state index in [0.29, 0.717) is 84.8 Å². The topological polar surface area (TPSA) is 139 Å². The summed E-state index contributed by atoms with van der Waals surface area (Å²) in [6.07, 6.45) is 4.65. The van der Waals surface area contributed by atoms with Gasteiger partial charge in [0.25, 0.3) is 0 Å². The van der Waals surface area contributed by atoms with Gasteiger partial charge in [-0.25, -0.2) is 22.8 Å². The van der Waals surface area contributed by atoms with Gasteiger partial charge in [0, 0.05) is 68.8 Å². The van der Waals surface area contributed by atoms with Gasteiger partial charge >= 0.3 is 0 Å². The second-order valence-corrected chi connectivity index (χ2v) is 15.7. The molecule has 1 aliphatic rings. The van der Waals surface area contributed by atoms with Crippen molar-refractivity contribution in [2.45, 2.75) is 33.0 Å². The minimum Gasteiger partial charge on any atom is -0.497 e. The number of piperazine rings is 1. The first-order valence-corrected chi connectivity index (χ1v) is 20.1. The standard InChI is InChI=1S/C41H44FN9O4S/c1-27(49-17-19-51(20-18-49)56(5,52)53)31-21-36(39(44-24-31)47-32-22-37(42)35-7-6-16-43-38(35)23-32)40-45-28(2)46-41(48-40)50(25-29-8-12-33(54-3)13-9-29)26-30-10-14-34(55-4)15-11-30/h6-16,21-24,27H,17-20,25-26H2,1-5H3,(H,44,47). The smallest absolute Gasteiger partial charge is 0.229 e. The van der Waals surface area contributed by atoms with Crippen LogP contribution in [0.3, 0.4) is 0 Å².